The van der Waals surface area contributed by atoms with Gasteiger partial charge in [0.2, 0.25) is 5.91 Å². The zero-order valence-corrected chi connectivity index (χ0v) is 33.3. The standard InChI is InChI=1S/C42H55N5O7S/c1-25(2)43-40-45-34(24-55-40)33-21-36(31-16-17-35(52-4)26(3)37(31)44-33)53-30-20-28-18-19-42(39(49)50)22-27(42)12-8-6-5-7-9-15-32(38(48)47(28)23-30)46-41(51)54-29-13-10-11-14-29/h8,12,16-17,21,24-25,27-30,32H,5-7,9-11,13-15,18-20,22-23H2,1-4H3,(H,43,45)(H,46,51)(H,49,50)/b12-8-/t27?,28-,30-,32+,42+/m1/s1. The minimum atomic E-state index is -0.823. The Morgan fingerprint density at radius 2 is 1.82 bits per heavy atom. The van der Waals surface area contributed by atoms with Gasteiger partial charge >= 0.3 is 12.1 Å². The summed E-state index contributed by atoms with van der Waals surface area (Å²) in [4.78, 5) is 52.2. The number of allylic oxidation sites excluding steroid dienone is 2. The van der Waals surface area contributed by atoms with Crippen LogP contribution in [0.2, 0.25) is 0 Å². The Hall–Kier alpha value is -4.39. The zero-order valence-electron chi connectivity index (χ0n) is 32.5. The molecule has 2 aromatic heterocycles. The number of hydrogen-bond acceptors (Lipinski definition) is 10. The SMILES string of the molecule is COc1ccc2c(O[C@@H]3C[C@H]4CC[C@]5(C(=O)O)CC5/C=C\CCCCC[C@H](NC(=O)OC5CCCC5)C(=O)N4C3)cc(-c3csc(NC(C)C)n3)nc2c1C. The van der Waals surface area contributed by atoms with Crippen LogP contribution >= 0.6 is 11.3 Å². The molecular formula is C42H55N5O7S. The smallest absolute Gasteiger partial charge is 0.408 e. The molecule has 3 fully saturated rings. The van der Waals surface area contributed by atoms with Gasteiger partial charge in [0.1, 0.15) is 35.4 Å². The fraction of sp³-hybridized carbons (Fsp3) is 0.595. The Morgan fingerprint density at radius 1 is 1.02 bits per heavy atom. The number of pyridine rings is 1. The molecule has 0 bridgehead atoms. The molecule has 2 amide bonds. The molecule has 1 unspecified atom stereocenters. The summed E-state index contributed by atoms with van der Waals surface area (Å²) in [5.41, 5.74) is 2.18. The lowest BCUT2D eigenvalue weighted by Gasteiger charge is -2.30. The maximum atomic E-state index is 14.6. The molecule has 55 heavy (non-hydrogen) atoms. The molecule has 13 heteroatoms. The van der Waals surface area contributed by atoms with E-state index < -0.39 is 23.5 Å². The highest BCUT2D eigenvalue weighted by Gasteiger charge is 2.59. The molecule has 5 atom stereocenters. The number of carboxylic acids is 1. The quantitative estimate of drug-likeness (QED) is 0.181. The number of aromatic nitrogens is 2. The Morgan fingerprint density at radius 3 is 2.58 bits per heavy atom. The third-order valence-corrected chi connectivity index (χ3v) is 12.7. The number of ether oxygens (including phenoxy) is 3. The summed E-state index contributed by atoms with van der Waals surface area (Å²) in [5.74, 6) is 0.391. The fourth-order valence-corrected chi connectivity index (χ4v) is 9.56. The molecule has 0 radical (unpaired) electrons. The molecule has 1 saturated heterocycles. The van der Waals surface area contributed by atoms with Crippen molar-refractivity contribution in [3.8, 4) is 22.9 Å². The summed E-state index contributed by atoms with van der Waals surface area (Å²) in [5, 5.41) is 20.3. The molecule has 2 aliphatic carbocycles. The molecule has 12 nitrogen and oxygen atoms in total. The Balaban J connectivity index is 1.19. The number of amides is 2. The number of carbonyl (C=O) groups is 3. The maximum Gasteiger partial charge on any atom is 0.408 e. The van der Waals surface area contributed by atoms with E-state index in [1.54, 1.807) is 7.11 Å². The Bertz CT molecular complexity index is 1910. The molecular weight excluding hydrogens is 719 g/mol. The van der Waals surface area contributed by atoms with Crippen molar-refractivity contribution in [2.24, 2.45) is 11.3 Å². The molecule has 4 aliphatic rings. The fourth-order valence-electron chi connectivity index (χ4n) is 8.71. The third kappa shape index (κ3) is 8.71. The van der Waals surface area contributed by atoms with E-state index >= 15 is 0 Å². The minimum Gasteiger partial charge on any atom is -0.496 e. The topological polar surface area (TPSA) is 152 Å². The molecule has 3 aromatic rings. The summed E-state index contributed by atoms with van der Waals surface area (Å²) in [6, 6.07) is 4.99. The number of alkyl carbamates (subject to hydrolysis) is 1. The van der Waals surface area contributed by atoms with Crippen molar-refractivity contribution in [1.29, 1.82) is 0 Å². The Labute approximate surface area is 327 Å². The number of nitrogens with one attached hydrogen (secondary N) is 2. The second-order valence-electron chi connectivity index (χ2n) is 16.1. The summed E-state index contributed by atoms with van der Waals surface area (Å²) in [6.07, 6.45) is 13.0. The van der Waals surface area contributed by atoms with Crippen molar-refractivity contribution in [3.63, 3.8) is 0 Å². The van der Waals surface area contributed by atoms with Gasteiger partial charge in [-0.05, 0) is 103 Å². The highest BCUT2D eigenvalue weighted by molar-refractivity contribution is 7.14. The summed E-state index contributed by atoms with van der Waals surface area (Å²) in [7, 11) is 1.64. The number of carboxylic acid groups (broad SMARTS) is 1. The number of fused-ring (bicyclic) bond motifs is 3. The van der Waals surface area contributed by atoms with Gasteiger partial charge in [0.15, 0.2) is 5.13 Å². The van der Waals surface area contributed by atoms with E-state index in [1.165, 1.54) is 11.3 Å². The van der Waals surface area contributed by atoms with Crippen LogP contribution in [-0.4, -0.2) is 81.9 Å². The number of methoxy groups -OCH3 is 1. The predicted molar refractivity (Wildman–Crippen MR) is 213 cm³/mol. The van der Waals surface area contributed by atoms with Gasteiger partial charge in [-0.1, -0.05) is 25.0 Å². The highest BCUT2D eigenvalue weighted by Crippen LogP contribution is 2.57. The lowest BCUT2D eigenvalue weighted by Crippen LogP contribution is -2.51. The first-order valence-electron chi connectivity index (χ1n) is 20.1. The molecule has 0 spiro atoms. The minimum absolute atomic E-state index is 0.00342. The average molecular weight is 774 g/mol. The van der Waals surface area contributed by atoms with E-state index in [0.29, 0.717) is 55.8 Å². The zero-order chi connectivity index (χ0) is 38.7. The second kappa shape index (κ2) is 16.8. The van der Waals surface area contributed by atoms with Crippen molar-refractivity contribution in [2.75, 3.05) is 19.0 Å². The van der Waals surface area contributed by atoms with Crippen LogP contribution in [0.5, 0.6) is 11.5 Å². The van der Waals surface area contributed by atoms with Gasteiger partial charge in [0.05, 0.1) is 30.3 Å². The first-order chi connectivity index (χ1) is 26.5. The van der Waals surface area contributed by atoms with Crippen molar-refractivity contribution < 1.29 is 33.7 Å². The van der Waals surface area contributed by atoms with E-state index in [-0.39, 0.29) is 36.1 Å². The highest BCUT2D eigenvalue weighted by atomic mass is 32.1. The van der Waals surface area contributed by atoms with E-state index in [2.05, 4.69) is 36.6 Å². The molecule has 3 N–H and O–H groups in total. The number of carbonyl (C=O) groups excluding carboxylic acids is 2. The number of rotatable bonds is 9. The molecule has 1 aromatic carbocycles. The molecule has 2 aliphatic heterocycles. The second-order valence-corrected chi connectivity index (χ2v) is 17.0. The van der Waals surface area contributed by atoms with Crippen LogP contribution in [0.1, 0.15) is 103 Å². The van der Waals surface area contributed by atoms with Gasteiger partial charge in [-0.2, -0.15) is 0 Å². The van der Waals surface area contributed by atoms with Crippen LogP contribution < -0.4 is 20.1 Å². The van der Waals surface area contributed by atoms with Gasteiger partial charge in [0.25, 0.3) is 0 Å². The molecule has 4 heterocycles. The number of aliphatic carboxylic acids is 1. The van der Waals surface area contributed by atoms with Crippen molar-refractivity contribution in [1.82, 2.24) is 20.2 Å². The number of hydrogen-bond donors (Lipinski definition) is 3. The number of aryl methyl sites for hydroxylation is 1. The largest absolute Gasteiger partial charge is 0.496 e. The lowest BCUT2D eigenvalue weighted by molar-refractivity contribution is -0.144. The van der Waals surface area contributed by atoms with E-state index in [1.807, 2.05) is 35.4 Å². The predicted octanol–water partition coefficient (Wildman–Crippen LogP) is 8.27. The van der Waals surface area contributed by atoms with Gasteiger partial charge in [-0.25, -0.2) is 14.8 Å². The first-order valence-corrected chi connectivity index (χ1v) is 21.0. The number of benzene rings is 1. The molecule has 7 rings (SSSR count). The summed E-state index contributed by atoms with van der Waals surface area (Å²) in [6.45, 7) is 6.41. The van der Waals surface area contributed by atoms with Gasteiger partial charge < -0.3 is 34.9 Å². The molecule has 2 saturated carbocycles. The number of thiazole rings is 1. The van der Waals surface area contributed by atoms with Gasteiger partial charge in [0, 0.05) is 40.9 Å². The number of nitrogens with zero attached hydrogens (tertiary/aromatic N) is 3. The van der Waals surface area contributed by atoms with Crippen LogP contribution in [0, 0.1) is 18.3 Å². The monoisotopic (exact) mass is 773 g/mol. The van der Waals surface area contributed by atoms with Crippen molar-refractivity contribution >= 4 is 45.3 Å². The van der Waals surface area contributed by atoms with E-state index in [9.17, 15) is 19.5 Å². The third-order valence-electron chi connectivity index (χ3n) is 11.9. The maximum absolute atomic E-state index is 14.6. The first kappa shape index (κ1) is 38.9. The van der Waals surface area contributed by atoms with Crippen molar-refractivity contribution in [3.05, 3.63) is 41.3 Å². The van der Waals surface area contributed by atoms with Crippen LogP contribution in [0.4, 0.5) is 9.93 Å². The number of anilines is 1. The lowest BCUT2D eigenvalue weighted by atomic mass is 9.93. The van der Waals surface area contributed by atoms with Crippen LogP contribution in [0.3, 0.4) is 0 Å². The Kier molecular flexibility index (Phi) is 11.9. The van der Waals surface area contributed by atoms with Crippen LogP contribution in [-0.2, 0) is 14.3 Å². The van der Waals surface area contributed by atoms with Crippen molar-refractivity contribution in [2.45, 2.75) is 135 Å². The van der Waals surface area contributed by atoms with Gasteiger partial charge in [-0.15, -0.1) is 11.3 Å². The average Bonchev–Trinajstić information content (AvgIpc) is 3.55. The van der Waals surface area contributed by atoms with Gasteiger partial charge in [-0.3, -0.25) is 9.59 Å². The summed E-state index contributed by atoms with van der Waals surface area (Å²) < 4.78 is 18.3. The van der Waals surface area contributed by atoms with E-state index in [4.69, 9.17) is 24.2 Å². The summed E-state index contributed by atoms with van der Waals surface area (Å²) >= 11 is 1.52. The van der Waals surface area contributed by atoms with Crippen LogP contribution in [0.25, 0.3) is 22.3 Å². The van der Waals surface area contributed by atoms with Crippen LogP contribution in [0.15, 0.2) is 35.7 Å². The normalized spacial score (nSPS) is 26.8. The van der Waals surface area contributed by atoms with E-state index in [0.717, 1.165) is 78.7 Å². The molecule has 296 valence electrons.